The first-order chi connectivity index (χ1) is 13.1. The SMILES string of the molecule is Cc1cc(Cl)ccc1OCC(=O)N1CCN(c2nc3cccnc3s2)CC1. The smallest absolute Gasteiger partial charge is 0.260 e. The van der Waals surface area contributed by atoms with Gasteiger partial charge in [-0.05, 0) is 42.8 Å². The van der Waals surface area contributed by atoms with Crippen molar-refractivity contribution in [2.24, 2.45) is 0 Å². The maximum atomic E-state index is 12.5. The van der Waals surface area contributed by atoms with Crippen LogP contribution in [0.1, 0.15) is 5.56 Å². The van der Waals surface area contributed by atoms with Gasteiger partial charge in [0.1, 0.15) is 16.1 Å². The molecule has 0 saturated carbocycles. The highest BCUT2D eigenvalue weighted by Gasteiger charge is 2.23. The van der Waals surface area contributed by atoms with Crippen LogP contribution in [0.5, 0.6) is 5.75 Å². The van der Waals surface area contributed by atoms with Crippen LogP contribution in [-0.2, 0) is 4.79 Å². The number of hydrogen-bond acceptors (Lipinski definition) is 6. The molecule has 8 heteroatoms. The van der Waals surface area contributed by atoms with Gasteiger partial charge in [0.25, 0.3) is 5.91 Å². The van der Waals surface area contributed by atoms with E-state index in [9.17, 15) is 4.79 Å². The van der Waals surface area contributed by atoms with Crippen molar-refractivity contribution >= 4 is 44.3 Å². The first-order valence-corrected chi connectivity index (χ1v) is 9.93. The maximum Gasteiger partial charge on any atom is 0.260 e. The zero-order chi connectivity index (χ0) is 18.8. The number of carbonyl (C=O) groups excluding carboxylic acids is 1. The second-order valence-corrected chi connectivity index (χ2v) is 7.78. The lowest BCUT2D eigenvalue weighted by Gasteiger charge is -2.34. The molecule has 0 atom stereocenters. The topological polar surface area (TPSA) is 58.6 Å². The van der Waals surface area contributed by atoms with E-state index >= 15 is 0 Å². The standard InChI is InChI=1S/C19H19ClN4O2S/c1-13-11-14(20)4-5-16(13)26-12-17(25)23-7-9-24(10-8-23)19-22-15-3-2-6-21-18(15)27-19/h2-6,11H,7-10,12H2,1H3. The van der Waals surface area contributed by atoms with Gasteiger partial charge in [-0.15, -0.1) is 0 Å². The van der Waals surface area contributed by atoms with Crippen LogP contribution in [0.3, 0.4) is 0 Å². The summed E-state index contributed by atoms with van der Waals surface area (Å²) in [6, 6.07) is 9.25. The summed E-state index contributed by atoms with van der Waals surface area (Å²) in [5.41, 5.74) is 1.84. The van der Waals surface area contributed by atoms with Crippen molar-refractivity contribution in [2.45, 2.75) is 6.92 Å². The zero-order valence-electron chi connectivity index (χ0n) is 14.9. The number of rotatable bonds is 4. The van der Waals surface area contributed by atoms with Gasteiger partial charge in [0.2, 0.25) is 0 Å². The fraction of sp³-hybridized carbons (Fsp3) is 0.316. The van der Waals surface area contributed by atoms with Gasteiger partial charge in [-0.1, -0.05) is 22.9 Å². The fourth-order valence-electron chi connectivity index (χ4n) is 3.05. The molecule has 1 fully saturated rings. The van der Waals surface area contributed by atoms with Crippen LogP contribution < -0.4 is 9.64 Å². The molecular formula is C19H19ClN4O2S. The summed E-state index contributed by atoms with van der Waals surface area (Å²) in [6.45, 7) is 4.78. The van der Waals surface area contributed by atoms with Crippen molar-refractivity contribution in [1.29, 1.82) is 0 Å². The normalized spacial score (nSPS) is 14.6. The van der Waals surface area contributed by atoms with Crippen LogP contribution >= 0.6 is 22.9 Å². The third kappa shape index (κ3) is 3.99. The van der Waals surface area contributed by atoms with E-state index in [2.05, 4.69) is 14.9 Å². The third-order valence-corrected chi connectivity index (χ3v) is 5.82. The quantitative estimate of drug-likeness (QED) is 0.669. The van der Waals surface area contributed by atoms with Gasteiger partial charge in [-0.25, -0.2) is 9.97 Å². The van der Waals surface area contributed by atoms with E-state index in [1.807, 2.05) is 30.0 Å². The van der Waals surface area contributed by atoms with Crippen molar-refractivity contribution in [3.8, 4) is 5.75 Å². The van der Waals surface area contributed by atoms with Crippen LogP contribution in [0.4, 0.5) is 5.13 Å². The Morgan fingerprint density at radius 2 is 2.07 bits per heavy atom. The van der Waals surface area contributed by atoms with E-state index < -0.39 is 0 Å². The molecule has 4 rings (SSSR count). The minimum Gasteiger partial charge on any atom is -0.483 e. The number of aryl methyl sites for hydroxylation is 1. The molecule has 1 amide bonds. The average molecular weight is 403 g/mol. The van der Waals surface area contributed by atoms with E-state index in [1.54, 1.807) is 29.7 Å². The van der Waals surface area contributed by atoms with Gasteiger partial charge in [-0.3, -0.25) is 4.79 Å². The van der Waals surface area contributed by atoms with E-state index in [0.717, 1.165) is 34.1 Å². The molecule has 0 spiro atoms. The minimum absolute atomic E-state index is 0.00466. The second-order valence-electron chi connectivity index (χ2n) is 6.39. The summed E-state index contributed by atoms with van der Waals surface area (Å²) >= 11 is 7.54. The van der Waals surface area contributed by atoms with Crippen LogP contribution in [0.2, 0.25) is 5.02 Å². The summed E-state index contributed by atoms with van der Waals surface area (Å²) in [7, 11) is 0. The highest BCUT2D eigenvalue weighted by atomic mass is 35.5. The number of piperazine rings is 1. The van der Waals surface area contributed by atoms with Gasteiger partial charge in [0.05, 0.1) is 0 Å². The first kappa shape index (κ1) is 18.0. The maximum absolute atomic E-state index is 12.5. The van der Waals surface area contributed by atoms with Gasteiger partial charge >= 0.3 is 0 Å². The number of halogens is 1. The molecule has 0 radical (unpaired) electrons. The second kappa shape index (κ2) is 7.70. The molecule has 0 aliphatic carbocycles. The lowest BCUT2D eigenvalue weighted by atomic mass is 10.2. The van der Waals surface area contributed by atoms with E-state index in [1.165, 1.54) is 0 Å². The Hall–Kier alpha value is -2.38. The van der Waals surface area contributed by atoms with Gasteiger partial charge in [0, 0.05) is 37.4 Å². The molecule has 1 aliphatic rings. The number of pyridine rings is 1. The molecule has 3 aromatic rings. The Balaban J connectivity index is 1.32. The highest BCUT2D eigenvalue weighted by Crippen LogP contribution is 2.27. The highest BCUT2D eigenvalue weighted by molar-refractivity contribution is 7.21. The monoisotopic (exact) mass is 402 g/mol. The number of aromatic nitrogens is 2. The predicted molar refractivity (Wildman–Crippen MR) is 108 cm³/mol. The lowest BCUT2D eigenvalue weighted by Crippen LogP contribution is -2.50. The summed E-state index contributed by atoms with van der Waals surface area (Å²) in [4.78, 5) is 26.4. The fourth-order valence-corrected chi connectivity index (χ4v) is 4.23. The molecule has 3 heterocycles. The predicted octanol–water partition coefficient (Wildman–Crippen LogP) is 3.38. The van der Waals surface area contributed by atoms with Crippen molar-refractivity contribution in [1.82, 2.24) is 14.9 Å². The molecule has 27 heavy (non-hydrogen) atoms. The van der Waals surface area contributed by atoms with E-state index in [-0.39, 0.29) is 12.5 Å². The first-order valence-electron chi connectivity index (χ1n) is 8.73. The molecule has 6 nitrogen and oxygen atoms in total. The molecule has 140 valence electrons. The zero-order valence-corrected chi connectivity index (χ0v) is 16.5. The van der Waals surface area contributed by atoms with E-state index in [0.29, 0.717) is 23.9 Å². The summed E-state index contributed by atoms with van der Waals surface area (Å²) in [6.07, 6.45) is 1.78. The Kier molecular flexibility index (Phi) is 5.13. The van der Waals surface area contributed by atoms with Crippen molar-refractivity contribution in [2.75, 3.05) is 37.7 Å². The van der Waals surface area contributed by atoms with Crippen LogP contribution in [0, 0.1) is 6.92 Å². The number of benzene rings is 1. The van der Waals surface area contributed by atoms with Gasteiger partial charge in [0.15, 0.2) is 11.7 Å². The number of carbonyl (C=O) groups is 1. The van der Waals surface area contributed by atoms with Crippen molar-refractivity contribution in [3.63, 3.8) is 0 Å². The largest absolute Gasteiger partial charge is 0.483 e. The number of fused-ring (bicyclic) bond motifs is 1. The molecular weight excluding hydrogens is 384 g/mol. The van der Waals surface area contributed by atoms with Crippen molar-refractivity contribution in [3.05, 3.63) is 47.1 Å². The Labute approximate surface area is 166 Å². The number of thiazole rings is 1. The lowest BCUT2D eigenvalue weighted by molar-refractivity contribution is -0.133. The third-order valence-electron chi connectivity index (χ3n) is 4.55. The number of amides is 1. The van der Waals surface area contributed by atoms with Gasteiger partial charge < -0.3 is 14.5 Å². The number of nitrogens with zero attached hydrogens (tertiary/aromatic N) is 4. The molecule has 1 aliphatic heterocycles. The Bertz CT molecular complexity index is 936. The molecule has 0 bridgehead atoms. The number of hydrogen-bond donors (Lipinski definition) is 0. The van der Waals surface area contributed by atoms with Crippen LogP contribution in [-0.4, -0.2) is 53.6 Å². The van der Waals surface area contributed by atoms with Crippen LogP contribution in [0.15, 0.2) is 36.5 Å². The minimum atomic E-state index is -0.00466. The molecule has 0 N–H and O–H groups in total. The summed E-state index contributed by atoms with van der Waals surface area (Å²) in [5.74, 6) is 0.684. The number of anilines is 1. The molecule has 0 unspecified atom stereocenters. The molecule has 1 saturated heterocycles. The molecule has 1 aromatic carbocycles. The molecule has 2 aromatic heterocycles. The van der Waals surface area contributed by atoms with E-state index in [4.69, 9.17) is 16.3 Å². The Morgan fingerprint density at radius 1 is 1.26 bits per heavy atom. The van der Waals surface area contributed by atoms with Gasteiger partial charge in [-0.2, -0.15) is 0 Å². The van der Waals surface area contributed by atoms with Crippen molar-refractivity contribution < 1.29 is 9.53 Å². The number of ether oxygens (including phenoxy) is 1. The van der Waals surface area contributed by atoms with Crippen LogP contribution in [0.25, 0.3) is 10.3 Å². The Morgan fingerprint density at radius 3 is 2.81 bits per heavy atom. The summed E-state index contributed by atoms with van der Waals surface area (Å²) in [5, 5.41) is 1.62. The average Bonchev–Trinajstić information content (AvgIpc) is 3.11. The summed E-state index contributed by atoms with van der Waals surface area (Å²) < 4.78 is 5.68.